The van der Waals surface area contributed by atoms with Gasteiger partial charge in [-0.05, 0) is 30.7 Å². The maximum Gasteiger partial charge on any atom is 0.221 e. The van der Waals surface area contributed by atoms with Gasteiger partial charge >= 0.3 is 0 Å². The number of aliphatic imine (C=N–C) groups is 1. The Morgan fingerprint density at radius 2 is 2.07 bits per heavy atom. The summed E-state index contributed by atoms with van der Waals surface area (Å²) in [4.78, 5) is 18.0. The Kier molecular flexibility index (Phi) is 9.65. The van der Waals surface area contributed by atoms with Crippen LogP contribution in [-0.4, -0.2) is 34.9 Å². The van der Waals surface area contributed by atoms with E-state index in [1.807, 2.05) is 62.1 Å². The monoisotopic (exact) mass is 503 g/mol. The molecule has 27 heavy (non-hydrogen) atoms. The topological polar surface area (TPSA) is 61.7 Å². The lowest BCUT2D eigenvalue weighted by Crippen LogP contribution is -2.38. The molecule has 0 spiro atoms. The van der Waals surface area contributed by atoms with Crippen LogP contribution in [0.1, 0.15) is 25.1 Å². The van der Waals surface area contributed by atoms with Crippen LogP contribution in [-0.2, 0) is 24.9 Å². The molecule has 0 bridgehead atoms. The molecule has 1 heterocycles. The van der Waals surface area contributed by atoms with Gasteiger partial charge in [-0.15, -0.1) is 24.0 Å². The first-order chi connectivity index (χ1) is 12.4. The summed E-state index contributed by atoms with van der Waals surface area (Å²) in [7, 11) is 3.97. The van der Waals surface area contributed by atoms with Gasteiger partial charge in [0.1, 0.15) is 0 Å². The van der Waals surface area contributed by atoms with Gasteiger partial charge in [0.25, 0.3) is 0 Å². The molecule has 0 fully saturated rings. The summed E-state index contributed by atoms with van der Waals surface area (Å²) < 4.78 is 2.01. The second-order valence-corrected chi connectivity index (χ2v) is 6.60. The van der Waals surface area contributed by atoms with Crippen molar-refractivity contribution in [1.82, 2.24) is 14.8 Å². The number of aromatic nitrogens is 1. The number of nitrogens with one attached hydrogen (secondary N) is 2. The van der Waals surface area contributed by atoms with Crippen molar-refractivity contribution in [1.29, 1.82) is 0 Å². The minimum absolute atomic E-state index is 0. The number of carbonyl (C=O) groups is 1. The number of rotatable bonds is 6. The smallest absolute Gasteiger partial charge is 0.221 e. The van der Waals surface area contributed by atoms with Gasteiger partial charge in [-0.25, -0.2) is 4.99 Å². The third-order valence-corrected chi connectivity index (χ3v) is 4.04. The molecule has 2 N–H and O–H groups in total. The van der Waals surface area contributed by atoms with E-state index in [0.29, 0.717) is 13.1 Å². The molecule has 1 aromatic heterocycles. The van der Waals surface area contributed by atoms with Crippen LogP contribution in [0.25, 0.3) is 0 Å². The first kappa shape index (κ1) is 23.3. The average Bonchev–Trinajstić information content (AvgIpc) is 2.88. The maximum absolute atomic E-state index is 11.2. The second kappa shape index (κ2) is 11.2. The highest BCUT2D eigenvalue weighted by Gasteiger charge is 2.10. The Bertz CT molecular complexity index is 790. The van der Waals surface area contributed by atoms with Crippen molar-refractivity contribution < 1.29 is 4.79 Å². The molecule has 0 unspecified atom stereocenters. The first-order valence-corrected chi connectivity index (χ1v) is 8.93. The van der Waals surface area contributed by atoms with E-state index in [1.165, 1.54) is 6.92 Å². The Labute approximate surface area is 183 Å². The Morgan fingerprint density at radius 3 is 2.67 bits per heavy atom. The van der Waals surface area contributed by atoms with E-state index < -0.39 is 0 Å². The summed E-state index contributed by atoms with van der Waals surface area (Å²) in [6.45, 7) is 5.54. The largest absolute Gasteiger partial charge is 0.357 e. The quantitative estimate of drug-likeness (QED) is 0.358. The lowest BCUT2D eigenvalue weighted by molar-refractivity contribution is -0.114. The molecule has 0 aliphatic heterocycles. The van der Waals surface area contributed by atoms with Gasteiger partial charge in [-0.2, -0.15) is 0 Å². The summed E-state index contributed by atoms with van der Waals surface area (Å²) >= 11 is 6.07. The number of benzene rings is 1. The van der Waals surface area contributed by atoms with Crippen molar-refractivity contribution in [3.63, 3.8) is 0 Å². The van der Waals surface area contributed by atoms with Crippen LogP contribution in [0.15, 0.2) is 41.5 Å². The predicted octanol–water partition coefficient (Wildman–Crippen LogP) is 3.85. The van der Waals surface area contributed by atoms with Gasteiger partial charge in [-0.3, -0.25) is 4.79 Å². The fourth-order valence-corrected chi connectivity index (χ4v) is 2.90. The zero-order valence-electron chi connectivity index (χ0n) is 16.1. The van der Waals surface area contributed by atoms with E-state index >= 15 is 0 Å². The number of hydrogen-bond donors (Lipinski definition) is 2. The molecule has 0 aliphatic carbocycles. The van der Waals surface area contributed by atoms with E-state index in [0.717, 1.165) is 34.5 Å². The molecule has 6 nitrogen and oxygen atoms in total. The van der Waals surface area contributed by atoms with Crippen LogP contribution >= 0.6 is 35.6 Å². The van der Waals surface area contributed by atoms with E-state index in [9.17, 15) is 4.79 Å². The van der Waals surface area contributed by atoms with Crippen molar-refractivity contribution in [3.8, 4) is 0 Å². The highest BCUT2D eigenvalue weighted by molar-refractivity contribution is 14.0. The van der Waals surface area contributed by atoms with Gasteiger partial charge in [0.2, 0.25) is 5.91 Å². The van der Waals surface area contributed by atoms with Crippen LogP contribution in [0.3, 0.4) is 0 Å². The minimum Gasteiger partial charge on any atom is -0.357 e. The number of halogens is 2. The first-order valence-electron chi connectivity index (χ1n) is 8.55. The van der Waals surface area contributed by atoms with Crippen molar-refractivity contribution in [2.24, 2.45) is 12.0 Å². The van der Waals surface area contributed by atoms with Gasteiger partial charge in [0, 0.05) is 45.1 Å². The SMILES string of the molecule is CCNC(=NCc1cccc(NC(C)=O)c1)N(C)Cc1cc(Cl)cn1C.I. The molecule has 0 saturated carbocycles. The molecule has 0 radical (unpaired) electrons. The molecule has 0 aliphatic rings. The number of hydrogen-bond acceptors (Lipinski definition) is 2. The van der Waals surface area contributed by atoms with Crippen LogP contribution < -0.4 is 10.6 Å². The average molecular weight is 504 g/mol. The molecule has 2 aromatic rings. The Balaban J connectivity index is 0.00000364. The molecule has 148 valence electrons. The molecular formula is C19H27ClIN5O. The standard InChI is InChI=1S/C19H26ClN5O.HI/c1-5-21-19(25(4)13-18-10-16(20)12-24(18)3)22-11-15-7-6-8-17(9-15)23-14(2)26;/h6-10,12H,5,11,13H2,1-4H3,(H,21,22)(H,23,26);1H. The molecule has 8 heteroatoms. The van der Waals surface area contributed by atoms with Crippen LogP contribution in [0.4, 0.5) is 5.69 Å². The highest BCUT2D eigenvalue weighted by atomic mass is 127. The Hall–Kier alpha value is -1.74. The van der Waals surface area contributed by atoms with Crippen molar-refractivity contribution in [2.75, 3.05) is 18.9 Å². The van der Waals surface area contributed by atoms with Gasteiger partial charge < -0.3 is 20.1 Å². The lowest BCUT2D eigenvalue weighted by atomic mass is 10.2. The number of aryl methyl sites for hydroxylation is 1. The van der Waals surface area contributed by atoms with E-state index in [-0.39, 0.29) is 29.9 Å². The molecule has 1 amide bonds. The summed E-state index contributed by atoms with van der Waals surface area (Å²) in [5, 5.41) is 6.83. The van der Waals surface area contributed by atoms with Gasteiger partial charge in [0.15, 0.2) is 5.96 Å². The number of carbonyl (C=O) groups excluding carboxylic acids is 1. The molecule has 1 aromatic carbocycles. The maximum atomic E-state index is 11.2. The molecular weight excluding hydrogens is 477 g/mol. The van der Waals surface area contributed by atoms with E-state index in [2.05, 4.69) is 15.5 Å². The van der Waals surface area contributed by atoms with Crippen molar-refractivity contribution in [3.05, 3.63) is 52.8 Å². The number of guanidine groups is 1. The fourth-order valence-electron chi connectivity index (χ4n) is 2.63. The van der Waals surface area contributed by atoms with Crippen LogP contribution in [0, 0.1) is 0 Å². The van der Waals surface area contributed by atoms with Crippen LogP contribution in [0.5, 0.6) is 0 Å². The number of anilines is 1. The van der Waals surface area contributed by atoms with Crippen LogP contribution in [0.2, 0.25) is 5.02 Å². The third kappa shape index (κ3) is 7.42. The minimum atomic E-state index is -0.0834. The predicted molar refractivity (Wildman–Crippen MR) is 123 cm³/mol. The summed E-state index contributed by atoms with van der Waals surface area (Å²) in [6.07, 6.45) is 1.89. The molecule has 0 atom stereocenters. The Morgan fingerprint density at radius 1 is 1.33 bits per heavy atom. The molecule has 0 saturated heterocycles. The zero-order valence-corrected chi connectivity index (χ0v) is 19.2. The lowest BCUT2D eigenvalue weighted by Gasteiger charge is -2.22. The fraction of sp³-hybridized carbons (Fsp3) is 0.368. The highest BCUT2D eigenvalue weighted by Crippen LogP contribution is 2.15. The van der Waals surface area contributed by atoms with E-state index in [1.54, 1.807) is 0 Å². The van der Waals surface area contributed by atoms with Crippen molar-refractivity contribution >= 4 is 53.1 Å². The van der Waals surface area contributed by atoms with Crippen molar-refractivity contribution in [2.45, 2.75) is 26.9 Å². The number of amides is 1. The van der Waals surface area contributed by atoms with Gasteiger partial charge in [-0.1, -0.05) is 23.7 Å². The number of nitrogens with zero attached hydrogens (tertiary/aromatic N) is 3. The summed E-state index contributed by atoms with van der Waals surface area (Å²) in [5.41, 5.74) is 2.92. The zero-order chi connectivity index (χ0) is 19.1. The van der Waals surface area contributed by atoms with Gasteiger partial charge in [0.05, 0.1) is 18.1 Å². The van der Waals surface area contributed by atoms with E-state index in [4.69, 9.17) is 16.6 Å². The summed E-state index contributed by atoms with van der Waals surface area (Å²) in [5.74, 6) is 0.731. The third-order valence-electron chi connectivity index (χ3n) is 3.83. The molecule has 2 rings (SSSR count). The normalized spacial score (nSPS) is 10.9. The second-order valence-electron chi connectivity index (χ2n) is 6.17. The summed E-state index contributed by atoms with van der Waals surface area (Å²) in [6, 6.07) is 9.67.